The lowest BCUT2D eigenvalue weighted by molar-refractivity contribution is 0.142. The van der Waals surface area contributed by atoms with Crippen LogP contribution in [-0.4, -0.2) is 62.7 Å². The monoisotopic (exact) mass is 199 g/mol. The van der Waals surface area contributed by atoms with Crippen LogP contribution in [0.1, 0.15) is 13.3 Å². The Morgan fingerprint density at radius 1 is 1.21 bits per heavy atom. The van der Waals surface area contributed by atoms with Crippen molar-refractivity contribution >= 4 is 5.96 Å². The Kier molecular flexibility index (Phi) is 4.73. The van der Waals surface area contributed by atoms with Crippen LogP contribution in [-0.2, 0) is 4.74 Å². The topological polar surface area (TPSA) is 28.1 Å². The Morgan fingerprint density at radius 2 is 1.86 bits per heavy atom. The van der Waals surface area contributed by atoms with Gasteiger partial charge in [-0.3, -0.25) is 4.99 Å². The minimum absolute atomic E-state index is 0.735. The largest absolute Gasteiger partial charge is 0.380 e. The van der Waals surface area contributed by atoms with E-state index in [1.165, 1.54) is 0 Å². The van der Waals surface area contributed by atoms with E-state index in [0.29, 0.717) is 0 Å². The molecule has 14 heavy (non-hydrogen) atoms. The minimum Gasteiger partial charge on any atom is -0.380 e. The number of guanidine groups is 1. The molecular formula is C10H21N3O. The van der Waals surface area contributed by atoms with Crippen molar-refractivity contribution in [2.75, 3.05) is 46.9 Å². The molecule has 0 atom stereocenters. The van der Waals surface area contributed by atoms with Crippen molar-refractivity contribution in [2.24, 2.45) is 4.99 Å². The zero-order chi connectivity index (χ0) is 10.4. The fourth-order valence-electron chi connectivity index (χ4n) is 1.49. The van der Waals surface area contributed by atoms with Crippen LogP contribution in [0.4, 0.5) is 0 Å². The first-order chi connectivity index (χ1) is 6.75. The molecule has 82 valence electrons. The molecule has 0 radical (unpaired) electrons. The predicted molar refractivity (Wildman–Crippen MR) is 58.7 cm³/mol. The quantitative estimate of drug-likeness (QED) is 0.608. The van der Waals surface area contributed by atoms with Gasteiger partial charge in [0.1, 0.15) is 0 Å². The molecule has 4 nitrogen and oxygen atoms in total. The molecule has 4 heteroatoms. The van der Waals surface area contributed by atoms with E-state index >= 15 is 0 Å². The summed E-state index contributed by atoms with van der Waals surface area (Å²) in [5, 5.41) is 0. The van der Waals surface area contributed by atoms with Gasteiger partial charge in [0.25, 0.3) is 0 Å². The van der Waals surface area contributed by atoms with Crippen LogP contribution in [0, 0.1) is 0 Å². The molecule has 1 aliphatic rings. The second-order valence-electron chi connectivity index (χ2n) is 3.64. The average molecular weight is 199 g/mol. The molecule has 0 aromatic carbocycles. The highest BCUT2D eigenvalue weighted by Gasteiger charge is 2.18. The van der Waals surface area contributed by atoms with E-state index in [1.54, 1.807) is 0 Å². The van der Waals surface area contributed by atoms with Crippen LogP contribution >= 0.6 is 0 Å². The summed E-state index contributed by atoms with van der Waals surface area (Å²) >= 11 is 0. The summed E-state index contributed by atoms with van der Waals surface area (Å²) in [5.74, 6) is 1.09. The summed E-state index contributed by atoms with van der Waals surface area (Å²) in [7, 11) is 4.16. The summed E-state index contributed by atoms with van der Waals surface area (Å²) in [4.78, 5) is 8.86. The Bertz CT molecular complexity index is 182. The highest BCUT2D eigenvalue weighted by atomic mass is 16.5. The first-order valence-electron chi connectivity index (χ1n) is 5.30. The van der Waals surface area contributed by atoms with Gasteiger partial charge in [-0.1, -0.05) is 6.92 Å². The summed E-state index contributed by atoms with van der Waals surface area (Å²) < 4.78 is 5.37. The molecule has 1 rings (SSSR count). The second kappa shape index (κ2) is 5.86. The zero-order valence-electron chi connectivity index (χ0n) is 9.49. The molecule has 0 aromatic rings. The number of hydrogen-bond donors (Lipinski definition) is 0. The van der Waals surface area contributed by atoms with Crippen LogP contribution in [0.3, 0.4) is 0 Å². The number of likely N-dealkylation sites (N-methyl/N-ethyl adjacent to an activating group) is 2. The molecular weight excluding hydrogens is 178 g/mol. The maximum atomic E-state index is 5.37. The number of nitrogens with zero attached hydrogens (tertiary/aromatic N) is 3. The second-order valence-corrected chi connectivity index (χ2v) is 3.64. The molecule has 1 saturated heterocycles. The number of aliphatic imine (C=N–C) groups is 1. The molecule has 0 saturated carbocycles. The molecule has 0 unspecified atom stereocenters. The van der Waals surface area contributed by atoms with Gasteiger partial charge in [-0.2, -0.15) is 0 Å². The Hall–Kier alpha value is -0.770. The van der Waals surface area contributed by atoms with Gasteiger partial charge in [0.2, 0.25) is 0 Å². The van der Waals surface area contributed by atoms with Gasteiger partial charge in [0, 0.05) is 33.8 Å². The smallest absolute Gasteiger partial charge is 0.196 e. The van der Waals surface area contributed by atoms with Crippen LogP contribution in [0.2, 0.25) is 0 Å². The molecule has 1 aliphatic heterocycles. The summed E-state index contributed by atoms with van der Waals surface area (Å²) in [6, 6.07) is 0. The van der Waals surface area contributed by atoms with E-state index in [1.807, 2.05) is 0 Å². The summed E-state index contributed by atoms with van der Waals surface area (Å²) in [6.45, 7) is 6.61. The van der Waals surface area contributed by atoms with Crippen LogP contribution in [0.15, 0.2) is 4.99 Å². The lowest BCUT2D eigenvalue weighted by Crippen LogP contribution is -2.28. The summed E-state index contributed by atoms with van der Waals surface area (Å²) in [5.41, 5.74) is 0. The van der Waals surface area contributed by atoms with Crippen molar-refractivity contribution in [1.29, 1.82) is 0 Å². The summed E-state index contributed by atoms with van der Waals surface area (Å²) in [6.07, 6.45) is 1.08. The fraction of sp³-hybridized carbons (Fsp3) is 0.900. The third kappa shape index (κ3) is 3.18. The minimum atomic E-state index is 0.735. The van der Waals surface area contributed by atoms with Gasteiger partial charge in [-0.15, -0.1) is 0 Å². The van der Waals surface area contributed by atoms with Gasteiger partial charge in [0.15, 0.2) is 5.96 Å². The van der Waals surface area contributed by atoms with Gasteiger partial charge < -0.3 is 14.5 Å². The fourth-order valence-corrected chi connectivity index (χ4v) is 1.49. The van der Waals surface area contributed by atoms with Crippen molar-refractivity contribution in [2.45, 2.75) is 13.3 Å². The average Bonchev–Trinajstić information content (AvgIpc) is 2.48. The maximum Gasteiger partial charge on any atom is 0.196 e. The SMILES string of the molecule is CCCOCCN=C1N(C)CCN1C. The standard InChI is InChI=1S/C10H21N3O/c1-4-8-14-9-5-11-10-12(2)6-7-13(10)3/h4-9H2,1-3H3. The molecule has 0 spiro atoms. The molecule has 0 N–H and O–H groups in total. The van der Waals surface area contributed by atoms with Gasteiger partial charge in [-0.05, 0) is 6.42 Å². The lowest BCUT2D eigenvalue weighted by atomic mass is 10.5. The van der Waals surface area contributed by atoms with Crippen LogP contribution in [0.5, 0.6) is 0 Å². The van der Waals surface area contributed by atoms with Gasteiger partial charge in [-0.25, -0.2) is 0 Å². The van der Waals surface area contributed by atoms with E-state index < -0.39 is 0 Å². The highest BCUT2D eigenvalue weighted by molar-refractivity contribution is 5.81. The van der Waals surface area contributed by atoms with E-state index in [2.05, 4.69) is 35.8 Å². The molecule has 0 aromatic heterocycles. The maximum absolute atomic E-state index is 5.37. The number of hydrogen-bond acceptors (Lipinski definition) is 2. The Balaban J connectivity index is 2.22. The van der Waals surface area contributed by atoms with Gasteiger partial charge >= 0.3 is 0 Å². The van der Waals surface area contributed by atoms with E-state index in [0.717, 1.165) is 45.2 Å². The first-order valence-corrected chi connectivity index (χ1v) is 5.30. The Morgan fingerprint density at radius 3 is 2.43 bits per heavy atom. The number of rotatable bonds is 5. The highest BCUT2D eigenvalue weighted by Crippen LogP contribution is 2.02. The van der Waals surface area contributed by atoms with Gasteiger partial charge in [0.05, 0.1) is 13.2 Å². The molecule has 0 aliphatic carbocycles. The zero-order valence-corrected chi connectivity index (χ0v) is 9.49. The van der Waals surface area contributed by atoms with Crippen molar-refractivity contribution in [3.63, 3.8) is 0 Å². The van der Waals surface area contributed by atoms with E-state index in [-0.39, 0.29) is 0 Å². The predicted octanol–water partition coefficient (Wildman–Crippen LogP) is 0.646. The van der Waals surface area contributed by atoms with Crippen molar-refractivity contribution in [3.8, 4) is 0 Å². The number of ether oxygens (including phenoxy) is 1. The molecule has 1 fully saturated rings. The normalized spacial score (nSPS) is 16.6. The first kappa shape index (κ1) is 11.3. The molecule has 0 bridgehead atoms. The molecule has 1 heterocycles. The van der Waals surface area contributed by atoms with E-state index in [4.69, 9.17) is 4.74 Å². The van der Waals surface area contributed by atoms with Crippen LogP contribution < -0.4 is 0 Å². The van der Waals surface area contributed by atoms with Crippen molar-refractivity contribution < 1.29 is 4.74 Å². The van der Waals surface area contributed by atoms with E-state index in [9.17, 15) is 0 Å². The van der Waals surface area contributed by atoms with Crippen molar-refractivity contribution in [3.05, 3.63) is 0 Å². The molecule has 0 amide bonds. The lowest BCUT2D eigenvalue weighted by Gasteiger charge is -2.15. The van der Waals surface area contributed by atoms with Crippen LogP contribution in [0.25, 0.3) is 0 Å². The third-order valence-corrected chi connectivity index (χ3v) is 2.29. The third-order valence-electron chi connectivity index (χ3n) is 2.29. The Labute approximate surface area is 86.5 Å². The van der Waals surface area contributed by atoms with Crippen molar-refractivity contribution in [1.82, 2.24) is 9.80 Å².